The Bertz CT molecular complexity index is 2290. The SMILES string of the molecule is CC(C)OC(=O)c1cc(-n2c(=O)cc(C(F)(F)F)n(C)c2=O)ccc1Cl.COc1cc(OC)nc(NC(=O)NS(=O)(=O)c2c(C(=O)O)c(Cl)nn2C)n1. The highest BCUT2D eigenvalue weighted by Crippen LogP contribution is 2.27. The highest BCUT2D eigenvalue weighted by Gasteiger charge is 2.35. The number of hydrogen-bond donors (Lipinski definition) is 3. The number of halogens is 5. The van der Waals surface area contributed by atoms with Crippen LogP contribution in [0.1, 0.15) is 40.3 Å². The van der Waals surface area contributed by atoms with Gasteiger partial charge < -0.3 is 19.3 Å². The number of amides is 2. The number of benzene rings is 1. The first-order valence-corrected chi connectivity index (χ1v) is 16.4. The van der Waals surface area contributed by atoms with Gasteiger partial charge in [0.2, 0.25) is 17.7 Å². The number of carbonyl (C=O) groups is 3. The molecule has 0 atom stereocenters. The Labute approximate surface area is 305 Å². The van der Waals surface area contributed by atoms with Crippen LogP contribution in [0.2, 0.25) is 10.2 Å². The number of aryl methyl sites for hydroxylation is 1. The van der Waals surface area contributed by atoms with E-state index in [4.69, 9.17) is 42.5 Å². The molecule has 2 amide bonds. The van der Waals surface area contributed by atoms with Crippen LogP contribution >= 0.6 is 23.2 Å². The van der Waals surface area contributed by atoms with E-state index in [-0.39, 0.29) is 34.0 Å². The van der Waals surface area contributed by atoms with Crippen LogP contribution in [0.5, 0.6) is 11.8 Å². The molecule has 0 aliphatic carbocycles. The maximum absolute atomic E-state index is 12.9. The van der Waals surface area contributed by atoms with Crippen molar-refractivity contribution >= 4 is 57.1 Å². The van der Waals surface area contributed by atoms with Crippen LogP contribution in [-0.4, -0.2) is 80.7 Å². The molecule has 0 spiro atoms. The molecule has 0 aliphatic rings. The smallest absolute Gasteiger partial charge is 0.431 e. The molecule has 3 heterocycles. The molecule has 53 heavy (non-hydrogen) atoms. The normalized spacial score (nSPS) is 11.3. The molecule has 0 radical (unpaired) electrons. The van der Waals surface area contributed by atoms with E-state index in [1.54, 1.807) is 18.6 Å². The van der Waals surface area contributed by atoms with Crippen LogP contribution in [0.25, 0.3) is 5.69 Å². The average Bonchev–Trinajstić information content (AvgIpc) is 3.36. The number of aromatic carboxylic acids is 1. The van der Waals surface area contributed by atoms with Gasteiger partial charge in [-0.3, -0.25) is 19.4 Å². The number of urea groups is 1. The fourth-order valence-corrected chi connectivity index (χ4v) is 5.92. The summed E-state index contributed by atoms with van der Waals surface area (Å²) in [5.74, 6) is -2.64. The van der Waals surface area contributed by atoms with Crippen molar-refractivity contribution in [3.63, 3.8) is 0 Å². The van der Waals surface area contributed by atoms with E-state index in [1.807, 2.05) is 0 Å². The largest absolute Gasteiger partial charge is 0.481 e. The second kappa shape index (κ2) is 16.3. The van der Waals surface area contributed by atoms with Crippen molar-refractivity contribution in [2.75, 3.05) is 19.5 Å². The third-order valence-corrected chi connectivity index (χ3v) is 8.38. The van der Waals surface area contributed by atoms with Crippen LogP contribution in [0, 0.1) is 0 Å². The molecule has 25 heteroatoms. The number of nitrogens with one attached hydrogen (secondary N) is 2. The van der Waals surface area contributed by atoms with Gasteiger partial charge in [0.15, 0.2) is 10.2 Å². The number of alkyl halides is 3. The third kappa shape index (κ3) is 9.81. The van der Waals surface area contributed by atoms with Crippen LogP contribution in [0.3, 0.4) is 0 Å². The molecular formula is C28H27Cl2F3N8O11S. The molecule has 0 fully saturated rings. The molecule has 0 saturated carbocycles. The number of ether oxygens (including phenoxy) is 3. The zero-order valence-corrected chi connectivity index (χ0v) is 30.3. The average molecular weight is 812 g/mol. The summed E-state index contributed by atoms with van der Waals surface area (Å²) in [6, 6.07) is 3.97. The van der Waals surface area contributed by atoms with Gasteiger partial charge in [0.1, 0.15) is 11.3 Å². The Morgan fingerprint density at radius 2 is 1.57 bits per heavy atom. The molecule has 0 bridgehead atoms. The molecule has 0 aliphatic heterocycles. The lowest BCUT2D eigenvalue weighted by molar-refractivity contribution is -0.144. The Kier molecular flexibility index (Phi) is 12.9. The highest BCUT2D eigenvalue weighted by molar-refractivity contribution is 7.90. The third-order valence-electron chi connectivity index (χ3n) is 6.35. The van der Waals surface area contributed by atoms with Crippen molar-refractivity contribution in [2.45, 2.75) is 31.2 Å². The maximum atomic E-state index is 12.9. The van der Waals surface area contributed by atoms with Gasteiger partial charge in [0, 0.05) is 20.2 Å². The van der Waals surface area contributed by atoms with Crippen molar-refractivity contribution in [1.29, 1.82) is 0 Å². The number of hydrogen-bond acceptors (Lipinski definition) is 13. The van der Waals surface area contributed by atoms with Gasteiger partial charge in [-0.2, -0.15) is 36.7 Å². The molecule has 19 nitrogen and oxygen atoms in total. The van der Waals surface area contributed by atoms with Crippen LogP contribution in [0.4, 0.5) is 23.9 Å². The molecule has 1 aromatic carbocycles. The van der Waals surface area contributed by atoms with Gasteiger partial charge in [-0.25, -0.2) is 28.5 Å². The monoisotopic (exact) mass is 810 g/mol. The van der Waals surface area contributed by atoms with Gasteiger partial charge in [0.25, 0.3) is 15.6 Å². The second-order valence-electron chi connectivity index (χ2n) is 10.4. The summed E-state index contributed by atoms with van der Waals surface area (Å²) in [6.07, 6.45) is -5.30. The summed E-state index contributed by atoms with van der Waals surface area (Å²) in [5, 5.41) is 13.4. The Balaban J connectivity index is 0.000000286. The summed E-state index contributed by atoms with van der Waals surface area (Å²) in [7, 11) is 0.0363. The zero-order chi connectivity index (χ0) is 40.2. The van der Waals surface area contributed by atoms with E-state index in [1.165, 1.54) is 32.4 Å². The maximum Gasteiger partial charge on any atom is 0.431 e. The minimum absolute atomic E-state index is 0.0104. The molecule has 0 saturated heterocycles. The molecule has 286 valence electrons. The summed E-state index contributed by atoms with van der Waals surface area (Å²) < 4.78 is 81.5. The predicted molar refractivity (Wildman–Crippen MR) is 177 cm³/mol. The fourth-order valence-electron chi connectivity index (χ4n) is 4.15. The van der Waals surface area contributed by atoms with E-state index < -0.39 is 73.0 Å². The molecule has 3 N–H and O–H groups in total. The van der Waals surface area contributed by atoms with Crippen LogP contribution in [0.15, 0.2) is 44.9 Å². The number of sulfonamides is 1. The van der Waals surface area contributed by atoms with E-state index in [0.29, 0.717) is 19.9 Å². The number of carboxylic acid groups (broad SMARTS) is 1. The number of carbonyl (C=O) groups excluding carboxylic acids is 2. The molecule has 4 aromatic rings. The number of nitrogens with zero attached hydrogens (tertiary/aromatic N) is 6. The highest BCUT2D eigenvalue weighted by atomic mass is 35.5. The Hall–Kier alpha value is -5.68. The number of rotatable bonds is 9. The first-order valence-electron chi connectivity index (χ1n) is 14.2. The Morgan fingerprint density at radius 3 is 2.08 bits per heavy atom. The van der Waals surface area contributed by atoms with Crippen molar-refractivity contribution < 1.29 is 55.3 Å². The number of aromatic nitrogens is 6. The standard InChI is InChI=1S/C16H14ClF3N2O4.C12H13ClN6O7S/c1-8(2)26-14(24)10-6-9(4-5-11(10)17)22-13(23)7-12(16(18,19)20)21(3)15(22)25;1-19-9(7(10(20)21)8(13)17-19)27(23,24)18-12(22)16-11-14-5(25-2)4-6(15-11)26-3/h4-8H,1-3H3;4H,1-3H3,(H,20,21)(H2,14,15,16,18,22). The van der Waals surface area contributed by atoms with Crippen molar-refractivity contribution in [2.24, 2.45) is 14.1 Å². The summed E-state index contributed by atoms with van der Waals surface area (Å²) in [5.41, 5.74) is -4.78. The predicted octanol–water partition coefficient (Wildman–Crippen LogP) is 2.86. The topological polar surface area (TPSA) is 245 Å². The van der Waals surface area contributed by atoms with Gasteiger partial charge >= 0.3 is 29.8 Å². The van der Waals surface area contributed by atoms with Gasteiger partial charge in [-0.05, 0) is 32.0 Å². The van der Waals surface area contributed by atoms with Crippen molar-refractivity contribution in [3.05, 3.63) is 78.2 Å². The number of methoxy groups -OCH3 is 2. The molecule has 0 unspecified atom stereocenters. The molecule has 3 aromatic heterocycles. The summed E-state index contributed by atoms with van der Waals surface area (Å²) in [6.45, 7) is 3.23. The summed E-state index contributed by atoms with van der Waals surface area (Å²) in [4.78, 5) is 67.3. The van der Waals surface area contributed by atoms with E-state index in [0.717, 1.165) is 20.2 Å². The quantitative estimate of drug-likeness (QED) is 0.206. The van der Waals surface area contributed by atoms with Gasteiger partial charge in [-0.15, -0.1) is 0 Å². The Morgan fingerprint density at radius 1 is 0.981 bits per heavy atom. The zero-order valence-electron chi connectivity index (χ0n) is 28.0. The van der Waals surface area contributed by atoms with Gasteiger partial charge in [0.05, 0.1) is 42.7 Å². The minimum atomic E-state index is -4.86. The van der Waals surface area contributed by atoms with E-state index in [2.05, 4.69) is 20.4 Å². The summed E-state index contributed by atoms with van der Waals surface area (Å²) >= 11 is 11.6. The minimum Gasteiger partial charge on any atom is -0.481 e. The van der Waals surface area contributed by atoms with Crippen molar-refractivity contribution in [1.82, 2.24) is 33.6 Å². The lowest BCUT2D eigenvalue weighted by Gasteiger charge is -2.15. The first-order chi connectivity index (χ1) is 24.5. The van der Waals surface area contributed by atoms with Gasteiger partial charge in [-0.1, -0.05) is 23.2 Å². The van der Waals surface area contributed by atoms with Crippen LogP contribution in [-0.2, 0) is 35.0 Å². The van der Waals surface area contributed by atoms with E-state index >= 15 is 0 Å². The molecule has 4 rings (SSSR count). The second-order valence-corrected chi connectivity index (χ2v) is 12.8. The van der Waals surface area contributed by atoms with E-state index in [9.17, 15) is 45.6 Å². The van der Waals surface area contributed by atoms with Crippen molar-refractivity contribution in [3.8, 4) is 17.4 Å². The molecular weight excluding hydrogens is 784 g/mol. The number of esters is 1. The first kappa shape index (κ1) is 41.7. The lowest BCUT2D eigenvalue weighted by atomic mass is 10.2. The fraction of sp³-hybridized carbons (Fsp3) is 0.286. The lowest BCUT2D eigenvalue weighted by Crippen LogP contribution is -2.40. The number of anilines is 1. The van der Waals surface area contributed by atoms with Crippen LogP contribution < -0.4 is 30.8 Å². The number of carboxylic acids is 1.